The van der Waals surface area contributed by atoms with Gasteiger partial charge in [-0.1, -0.05) is 37.6 Å². The fourth-order valence-corrected chi connectivity index (χ4v) is 2.01. The molecule has 16 heavy (non-hydrogen) atoms. The highest BCUT2D eigenvalue weighted by Crippen LogP contribution is 2.36. The third kappa shape index (κ3) is 1.71. The minimum absolute atomic E-state index is 0.387. The molecule has 0 aromatic heterocycles. The van der Waals surface area contributed by atoms with Gasteiger partial charge in [-0.15, -0.1) is 0 Å². The Labute approximate surface area is 95.5 Å². The monoisotopic (exact) mass is 216 g/mol. The SMILES string of the molecule is CCCc1cc(OC)c2ccccc2c1O. The summed E-state index contributed by atoms with van der Waals surface area (Å²) in [6.45, 7) is 2.10. The fourth-order valence-electron chi connectivity index (χ4n) is 2.01. The molecule has 0 amide bonds. The Morgan fingerprint density at radius 3 is 2.50 bits per heavy atom. The highest BCUT2D eigenvalue weighted by molar-refractivity contribution is 5.94. The van der Waals surface area contributed by atoms with Gasteiger partial charge in [0, 0.05) is 10.8 Å². The van der Waals surface area contributed by atoms with Crippen LogP contribution in [0.25, 0.3) is 10.8 Å². The van der Waals surface area contributed by atoms with Crippen LogP contribution in [0.5, 0.6) is 11.5 Å². The first kappa shape index (κ1) is 10.8. The van der Waals surface area contributed by atoms with Gasteiger partial charge in [0.15, 0.2) is 0 Å². The first-order chi connectivity index (χ1) is 7.77. The van der Waals surface area contributed by atoms with Gasteiger partial charge in [-0.25, -0.2) is 0 Å². The van der Waals surface area contributed by atoms with Crippen molar-refractivity contribution in [1.82, 2.24) is 0 Å². The van der Waals surface area contributed by atoms with Crippen LogP contribution in [0.4, 0.5) is 0 Å². The molecule has 0 aliphatic rings. The molecule has 1 N–H and O–H groups in total. The average molecular weight is 216 g/mol. The second-order valence-electron chi connectivity index (χ2n) is 3.88. The van der Waals surface area contributed by atoms with E-state index in [0.717, 1.165) is 34.9 Å². The van der Waals surface area contributed by atoms with Crippen molar-refractivity contribution >= 4 is 10.8 Å². The fraction of sp³-hybridized carbons (Fsp3) is 0.286. The summed E-state index contributed by atoms with van der Waals surface area (Å²) in [5, 5.41) is 12.0. The molecule has 0 heterocycles. The van der Waals surface area contributed by atoms with Gasteiger partial charge < -0.3 is 9.84 Å². The molecule has 0 aliphatic heterocycles. The predicted octanol–water partition coefficient (Wildman–Crippen LogP) is 3.51. The van der Waals surface area contributed by atoms with Gasteiger partial charge >= 0.3 is 0 Å². The maximum atomic E-state index is 10.1. The van der Waals surface area contributed by atoms with Crippen molar-refractivity contribution in [3.05, 3.63) is 35.9 Å². The lowest BCUT2D eigenvalue weighted by atomic mass is 10.0. The number of phenolic OH excluding ortho intramolecular Hbond substituents is 1. The van der Waals surface area contributed by atoms with Crippen molar-refractivity contribution in [1.29, 1.82) is 0 Å². The van der Waals surface area contributed by atoms with E-state index in [9.17, 15) is 5.11 Å². The van der Waals surface area contributed by atoms with E-state index >= 15 is 0 Å². The second kappa shape index (κ2) is 4.44. The van der Waals surface area contributed by atoms with Crippen LogP contribution < -0.4 is 4.74 Å². The lowest BCUT2D eigenvalue weighted by molar-refractivity contribution is 0.417. The molecule has 0 radical (unpaired) electrons. The van der Waals surface area contributed by atoms with Crippen LogP contribution in [0.3, 0.4) is 0 Å². The number of phenols is 1. The molecule has 0 fully saturated rings. The molecule has 2 rings (SSSR count). The highest BCUT2D eigenvalue weighted by Gasteiger charge is 2.10. The molecule has 2 aromatic rings. The van der Waals surface area contributed by atoms with Crippen molar-refractivity contribution in [3.8, 4) is 11.5 Å². The number of ether oxygens (including phenoxy) is 1. The van der Waals surface area contributed by atoms with Crippen LogP contribution >= 0.6 is 0 Å². The number of benzene rings is 2. The number of fused-ring (bicyclic) bond motifs is 1. The van der Waals surface area contributed by atoms with Crippen LogP contribution in [-0.4, -0.2) is 12.2 Å². The number of aryl methyl sites for hydroxylation is 1. The van der Waals surface area contributed by atoms with Gasteiger partial charge in [-0.3, -0.25) is 0 Å². The normalized spacial score (nSPS) is 10.6. The van der Waals surface area contributed by atoms with Gasteiger partial charge in [0.05, 0.1) is 7.11 Å². The Balaban J connectivity index is 2.72. The summed E-state index contributed by atoms with van der Waals surface area (Å²) >= 11 is 0. The minimum Gasteiger partial charge on any atom is -0.507 e. The van der Waals surface area contributed by atoms with Gasteiger partial charge in [0.1, 0.15) is 11.5 Å². The summed E-state index contributed by atoms with van der Waals surface area (Å²) in [5.74, 6) is 1.22. The molecule has 0 unspecified atom stereocenters. The van der Waals surface area contributed by atoms with Crippen LogP contribution in [0.1, 0.15) is 18.9 Å². The van der Waals surface area contributed by atoms with E-state index in [1.54, 1.807) is 7.11 Å². The number of hydrogen-bond acceptors (Lipinski definition) is 2. The third-order valence-corrected chi connectivity index (χ3v) is 2.80. The number of rotatable bonds is 3. The quantitative estimate of drug-likeness (QED) is 0.850. The van der Waals surface area contributed by atoms with Crippen LogP contribution in [0.2, 0.25) is 0 Å². The smallest absolute Gasteiger partial charge is 0.127 e. The standard InChI is InChI=1S/C14H16O2/c1-3-6-10-9-13(16-2)11-7-4-5-8-12(11)14(10)15/h4-5,7-9,15H,3,6H2,1-2H3. The van der Waals surface area contributed by atoms with Crippen molar-refractivity contribution in [2.24, 2.45) is 0 Å². The number of aromatic hydroxyl groups is 1. The molecule has 2 nitrogen and oxygen atoms in total. The van der Waals surface area contributed by atoms with E-state index in [1.165, 1.54) is 0 Å². The minimum atomic E-state index is 0.387. The van der Waals surface area contributed by atoms with E-state index in [2.05, 4.69) is 6.92 Å². The zero-order valence-electron chi connectivity index (χ0n) is 9.66. The molecule has 0 aliphatic carbocycles. The number of hydrogen-bond donors (Lipinski definition) is 1. The maximum Gasteiger partial charge on any atom is 0.127 e. The summed E-state index contributed by atoms with van der Waals surface area (Å²) in [6.07, 6.45) is 1.88. The summed E-state index contributed by atoms with van der Waals surface area (Å²) in [7, 11) is 1.66. The van der Waals surface area contributed by atoms with Crippen LogP contribution in [-0.2, 0) is 6.42 Å². The van der Waals surface area contributed by atoms with E-state index < -0.39 is 0 Å². The van der Waals surface area contributed by atoms with E-state index in [4.69, 9.17) is 4.74 Å². The zero-order chi connectivity index (χ0) is 11.5. The second-order valence-corrected chi connectivity index (χ2v) is 3.88. The van der Waals surface area contributed by atoms with Gasteiger partial charge in [-0.2, -0.15) is 0 Å². The highest BCUT2D eigenvalue weighted by atomic mass is 16.5. The molecule has 0 bridgehead atoms. The van der Waals surface area contributed by atoms with Crippen molar-refractivity contribution in [3.63, 3.8) is 0 Å². The molecule has 0 saturated heterocycles. The average Bonchev–Trinajstić information content (AvgIpc) is 2.33. The Kier molecular flexibility index (Phi) is 3.00. The van der Waals surface area contributed by atoms with Gasteiger partial charge in [0.2, 0.25) is 0 Å². The Bertz CT molecular complexity index is 503. The summed E-state index contributed by atoms with van der Waals surface area (Å²) < 4.78 is 5.36. The molecule has 84 valence electrons. The van der Waals surface area contributed by atoms with E-state index in [1.807, 2.05) is 30.3 Å². The molecular formula is C14H16O2. The Hall–Kier alpha value is -1.70. The predicted molar refractivity (Wildman–Crippen MR) is 66.2 cm³/mol. The van der Waals surface area contributed by atoms with Crippen molar-refractivity contribution in [2.75, 3.05) is 7.11 Å². The lowest BCUT2D eigenvalue weighted by Gasteiger charge is -2.11. The topological polar surface area (TPSA) is 29.5 Å². The van der Waals surface area contributed by atoms with Crippen molar-refractivity contribution < 1.29 is 9.84 Å². The zero-order valence-corrected chi connectivity index (χ0v) is 9.66. The molecule has 2 aromatic carbocycles. The largest absolute Gasteiger partial charge is 0.507 e. The Morgan fingerprint density at radius 2 is 1.88 bits per heavy atom. The molecule has 0 spiro atoms. The summed E-state index contributed by atoms with van der Waals surface area (Å²) in [6, 6.07) is 9.69. The van der Waals surface area contributed by atoms with Crippen LogP contribution in [0, 0.1) is 0 Å². The maximum absolute atomic E-state index is 10.1. The van der Waals surface area contributed by atoms with Gasteiger partial charge in [-0.05, 0) is 18.1 Å². The first-order valence-electron chi connectivity index (χ1n) is 5.55. The van der Waals surface area contributed by atoms with Crippen molar-refractivity contribution in [2.45, 2.75) is 19.8 Å². The van der Waals surface area contributed by atoms with E-state index in [0.29, 0.717) is 5.75 Å². The molecular weight excluding hydrogens is 200 g/mol. The Morgan fingerprint density at radius 1 is 1.19 bits per heavy atom. The third-order valence-electron chi connectivity index (χ3n) is 2.80. The van der Waals surface area contributed by atoms with Crippen LogP contribution in [0.15, 0.2) is 30.3 Å². The summed E-state index contributed by atoms with van der Waals surface area (Å²) in [5.41, 5.74) is 0.957. The molecule has 0 atom stereocenters. The first-order valence-corrected chi connectivity index (χ1v) is 5.55. The molecule has 0 saturated carbocycles. The molecule has 2 heteroatoms. The lowest BCUT2D eigenvalue weighted by Crippen LogP contribution is -1.91. The van der Waals surface area contributed by atoms with Gasteiger partial charge in [0.25, 0.3) is 0 Å². The number of methoxy groups -OCH3 is 1. The summed E-state index contributed by atoms with van der Waals surface area (Å²) in [4.78, 5) is 0. The van der Waals surface area contributed by atoms with E-state index in [-0.39, 0.29) is 0 Å².